The lowest BCUT2D eigenvalue weighted by atomic mass is 10.0. The second-order valence-corrected chi connectivity index (χ2v) is 5.03. The third-order valence-electron chi connectivity index (χ3n) is 3.20. The van der Waals surface area contributed by atoms with E-state index in [1.54, 1.807) is 7.11 Å². The molecule has 0 aromatic heterocycles. The third kappa shape index (κ3) is 5.21. The number of hydrogen-bond donors (Lipinski definition) is 1. The maximum Gasteiger partial charge on any atom is 0.124 e. The van der Waals surface area contributed by atoms with Gasteiger partial charge in [0.05, 0.1) is 6.10 Å². The first-order valence-corrected chi connectivity index (χ1v) is 7.08. The van der Waals surface area contributed by atoms with E-state index in [9.17, 15) is 0 Å². The van der Waals surface area contributed by atoms with Crippen LogP contribution in [0.25, 0.3) is 0 Å². The van der Waals surface area contributed by atoms with Gasteiger partial charge >= 0.3 is 0 Å². The van der Waals surface area contributed by atoms with E-state index in [4.69, 9.17) is 9.47 Å². The van der Waals surface area contributed by atoms with Crippen LogP contribution in [-0.2, 0) is 4.74 Å². The highest BCUT2D eigenvalue weighted by Gasteiger charge is 2.13. The second-order valence-electron chi connectivity index (χ2n) is 5.03. The summed E-state index contributed by atoms with van der Waals surface area (Å²) in [6.07, 6.45) is 1.06. The van der Waals surface area contributed by atoms with E-state index < -0.39 is 0 Å². The summed E-state index contributed by atoms with van der Waals surface area (Å²) in [5.41, 5.74) is 2.44. The van der Waals surface area contributed by atoms with Crippen LogP contribution in [0.4, 0.5) is 0 Å². The average Bonchev–Trinajstić information content (AvgIpc) is 2.36. The molecule has 0 aliphatic heterocycles. The highest BCUT2D eigenvalue weighted by Crippen LogP contribution is 2.27. The molecule has 1 N–H and O–H groups in total. The summed E-state index contributed by atoms with van der Waals surface area (Å²) < 4.78 is 11.2. The molecule has 1 aromatic rings. The smallest absolute Gasteiger partial charge is 0.124 e. The van der Waals surface area contributed by atoms with Crippen LogP contribution < -0.4 is 10.1 Å². The lowest BCUT2D eigenvalue weighted by Crippen LogP contribution is -2.20. The first-order valence-electron chi connectivity index (χ1n) is 7.08. The first-order chi connectivity index (χ1) is 9.08. The molecule has 0 radical (unpaired) electrons. The summed E-state index contributed by atoms with van der Waals surface area (Å²) in [6, 6.07) is 6.71. The number of ether oxygens (including phenoxy) is 2. The number of rotatable bonds is 8. The van der Waals surface area contributed by atoms with E-state index in [1.165, 1.54) is 11.1 Å². The quantitative estimate of drug-likeness (QED) is 0.780. The van der Waals surface area contributed by atoms with Crippen LogP contribution in [0.3, 0.4) is 0 Å². The Kier molecular flexibility index (Phi) is 6.89. The molecule has 0 saturated carbocycles. The molecule has 0 spiro atoms. The van der Waals surface area contributed by atoms with Crippen LogP contribution in [0, 0.1) is 6.92 Å². The van der Waals surface area contributed by atoms with Gasteiger partial charge in [0.15, 0.2) is 0 Å². The van der Waals surface area contributed by atoms with Crippen LogP contribution in [0.1, 0.15) is 44.4 Å². The maximum atomic E-state index is 6.08. The van der Waals surface area contributed by atoms with Crippen molar-refractivity contribution < 1.29 is 9.47 Å². The van der Waals surface area contributed by atoms with Crippen LogP contribution in [0.5, 0.6) is 5.75 Å². The van der Waals surface area contributed by atoms with Gasteiger partial charge in [0.1, 0.15) is 5.75 Å². The largest absolute Gasteiger partial charge is 0.490 e. The van der Waals surface area contributed by atoms with Gasteiger partial charge in [-0.1, -0.05) is 19.1 Å². The summed E-state index contributed by atoms with van der Waals surface area (Å²) in [5.74, 6) is 0.983. The monoisotopic (exact) mass is 265 g/mol. The Labute approximate surface area is 117 Å². The lowest BCUT2D eigenvalue weighted by molar-refractivity contribution is 0.134. The molecule has 1 aromatic carbocycles. The average molecular weight is 265 g/mol. The molecule has 19 heavy (non-hydrogen) atoms. The Balaban J connectivity index is 2.81. The van der Waals surface area contributed by atoms with E-state index >= 15 is 0 Å². The van der Waals surface area contributed by atoms with Gasteiger partial charge in [-0.3, -0.25) is 0 Å². The fraction of sp³-hybridized carbons (Fsp3) is 0.625. The van der Waals surface area contributed by atoms with Crippen molar-refractivity contribution in [3.8, 4) is 5.75 Å². The number of aryl methyl sites for hydroxylation is 1. The fourth-order valence-electron chi connectivity index (χ4n) is 2.08. The van der Waals surface area contributed by atoms with Gasteiger partial charge in [-0.15, -0.1) is 0 Å². The van der Waals surface area contributed by atoms with Crippen molar-refractivity contribution in [3.05, 3.63) is 29.3 Å². The predicted octanol–water partition coefficient (Wildman–Crippen LogP) is 3.47. The molecule has 0 saturated heterocycles. The van der Waals surface area contributed by atoms with Crippen molar-refractivity contribution in [3.63, 3.8) is 0 Å². The molecule has 0 heterocycles. The summed E-state index contributed by atoms with van der Waals surface area (Å²) in [7, 11) is 1.72. The SMILES string of the molecule is CCNC(C)c1ccc(C)cc1OC(C)CCOC. The summed E-state index contributed by atoms with van der Waals surface area (Å²) in [5, 5.41) is 3.43. The van der Waals surface area contributed by atoms with Crippen LogP contribution in [-0.4, -0.2) is 26.4 Å². The Bertz CT molecular complexity index is 379. The minimum atomic E-state index is 0.161. The highest BCUT2D eigenvalue weighted by atomic mass is 16.5. The van der Waals surface area contributed by atoms with E-state index in [1.807, 2.05) is 0 Å². The Morgan fingerprint density at radius 3 is 2.63 bits per heavy atom. The second kappa shape index (κ2) is 8.18. The van der Waals surface area contributed by atoms with Gasteiger partial charge in [-0.2, -0.15) is 0 Å². The maximum absolute atomic E-state index is 6.08. The zero-order valence-corrected chi connectivity index (χ0v) is 12.8. The molecule has 3 nitrogen and oxygen atoms in total. The van der Waals surface area contributed by atoms with Crippen LogP contribution >= 0.6 is 0 Å². The van der Waals surface area contributed by atoms with Crippen molar-refractivity contribution >= 4 is 0 Å². The fourth-order valence-corrected chi connectivity index (χ4v) is 2.08. The third-order valence-corrected chi connectivity index (χ3v) is 3.20. The van der Waals surface area contributed by atoms with Gasteiger partial charge in [0, 0.05) is 31.7 Å². The molecule has 0 aliphatic carbocycles. The summed E-state index contributed by atoms with van der Waals surface area (Å²) >= 11 is 0. The zero-order valence-electron chi connectivity index (χ0n) is 12.8. The normalized spacial score (nSPS) is 14.2. The highest BCUT2D eigenvalue weighted by molar-refractivity contribution is 5.39. The Hall–Kier alpha value is -1.06. The van der Waals surface area contributed by atoms with Gasteiger partial charge in [-0.05, 0) is 38.9 Å². The molecule has 2 atom stereocenters. The van der Waals surface area contributed by atoms with Gasteiger partial charge in [0.25, 0.3) is 0 Å². The number of nitrogens with one attached hydrogen (secondary N) is 1. The lowest BCUT2D eigenvalue weighted by Gasteiger charge is -2.21. The minimum absolute atomic E-state index is 0.161. The van der Waals surface area contributed by atoms with Crippen molar-refractivity contribution in [1.29, 1.82) is 0 Å². The van der Waals surface area contributed by atoms with Crippen LogP contribution in [0.2, 0.25) is 0 Å². The molecular weight excluding hydrogens is 238 g/mol. The van der Waals surface area contributed by atoms with E-state index in [0.29, 0.717) is 6.04 Å². The van der Waals surface area contributed by atoms with E-state index in [-0.39, 0.29) is 6.10 Å². The molecular formula is C16H27NO2. The van der Waals surface area contributed by atoms with Crippen molar-refractivity contribution in [1.82, 2.24) is 5.32 Å². The molecule has 108 valence electrons. The molecule has 0 amide bonds. The Morgan fingerprint density at radius 2 is 2.00 bits per heavy atom. The predicted molar refractivity (Wildman–Crippen MR) is 79.9 cm³/mol. The molecule has 1 rings (SSSR count). The van der Waals surface area contributed by atoms with Crippen molar-refractivity contribution in [2.75, 3.05) is 20.3 Å². The minimum Gasteiger partial charge on any atom is -0.490 e. The Morgan fingerprint density at radius 1 is 1.26 bits per heavy atom. The summed E-state index contributed by atoms with van der Waals surface area (Å²) in [6.45, 7) is 10.1. The van der Waals surface area contributed by atoms with E-state index in [2.05, 4.69) is 51.2 Å². The molecule has 0 aliphatic rings. The van der Waals surface area contributed by atoms with E-state index in [0.717, 1.165) is 25.3 Å². The molecule has 2 unspecified atom stereocenters. The van der Waals surface area contributed by atoms with Crippen LogP contribution in [0.15, 0.2) is 18.2 Å². The number of benzene rings is 1. The van der Waals surface area contributed by atoms with Gasteiger partial charge < -0.3 is 14.8 Å². The first kappa shape index (κ1) is 16.0. The summed E-state index contributed by atoms with van der Waals surface area (Å²) in [4.78, 5) is 0. The molecule has 0 bridgehead atoms. The van der Waals surface area contributed by atoms with Crippen molar-refractivity contribution in [2.24, 2.45) is 0 Å². The molecule has 0 fully saturated rings. The molecule has 3 heteroatoms. The number of hydrogen-bond acceptors (Lipinski definition) is 3. The van der Waals surface area contributed by atoms with Gasteiger partial charge in [-0.25, -0.2) is 0 Å². The number of methoxy groups -OCH3 is 1. The standard InChI is InChI=1S/C16H27NO2/c1-6-17-14(4)15-8-7-12(2)11-16(15)19-13(3)9-10-18-5/h7-8,11,13-14,17H,6,9-10H2,1-5H3. The van der Waals surface area contributed by atoms with Crippen molar-refractivity contribution in [2.45, 2.75) is 46.3 Å². The van der Waals surface area contributed by atoms with Gasteiger partial charge in [0.2, 0.25) is 0 Å². The topological polar surface area (TPSA) is 30.5 Å². The zero-order chi connectivity index (χ0) is 14.3.